The Bertz CT molecular complexity index is 647. The molecule has 1 nitrogen and oxygen atoms in total. The van der Waals surface area contributed by atoms with Gasteiger partial charge in [-0.1, -0.05) is 28.1 Å². The molecule has 0 aliphatic heterocycles. The van der Waals surface area contributed by atoms with Crippen LogP contribution in [0.4, 0.5) is 17.6 Å². The van der Waals surface area contributed by atoms with E-state index in [2.05, 4.69) is 15.9 Å². The molecule has 21 heavy (non-hydrogen) atoms. The molecule has 2 aromatic carbocycles. The number of halogens is 5. The molecule has 0 fully saturated rings. The van der Waals surface area contributed by atoms with Gasteiger partial charge in [0.05, 0.1) is 5.56 Å². The summed E-state index contributed by atoms with van der Waals surface area (Å²) in [5, 5.41) is 10.2. The zero-order chi connectivity index (χ0) is 15.8. The fourth-order valence-corrected chi connectivity index (χ4v) is 2.48. The summed E-state index contributed by atoms with van der Waals surface area (Å²) in [6, 6.07) is 7.20. The molecule has 0 radical (unpaired) electrons. The van der Waals surface area contributed by atoms with E-state index in [-0.39, 0.29) is 15.6 Å². The normalized spacial score (nSPS) is 13.3. The van der Waals surface area contributed by atoms with Gasteiger partial charge < -0.3 is 5.11 Å². The Hall–Kier alpha value is -1.40. The molecule has 112 valence electrons. The highest BCUT2D eigenvalue weighted by Crippen LogP contribution is 2.38. The third-order valence-electron chi connectivity index (χ3n) is 3.00. The summed E-state index contributed by atoms with van der Waals surface area (Å²) >= 11 is 2.98. The third-order valence-corrected chi connectivity index (χ3v) is 3.49. The summed E-state index contributed by atoms with van der Waals surface area (Å²) < 4.78 is 52.8. The highest BCUT2D eigenvalue weighted by Gasteiger charge is 2.35. The molecule has 2 rings (SSSR count). The Morgan fingerprint density at radius 1 is 1.10 bits per heavy atom. The first kappa shape index (κ1) is 16.0. The first-order valence-corrected chi connectivity index (χ1v) is 6.79. The Kier molecular flexibility index (Phi) is 4.39. The maximum absolute atomic E-state index is 13.4. The Morgan fingerprint density at radius 3 is 2.33 bits per heavy atom. The standard InChI is InChI=1S/C15H11BrF4O/c1-8-4-9(6-11(17)5-8)14(21)12-3-2-10(16)7-13(12)15(18,19)20/h2-7,14,21H,1H3. The van der Waals surface area contributed by atoms with Crippen molar-refractivity contribution in [1.29, 1.82) is 0 Å². The molecule has 0 amide bonds. The quantitative estimate of drug-likeness (QED) is 0.745. The molecule has 0 aliphatic rings. The summed E-state index contributed by atoms with van der Waals surface area (Å²) in [5.41, 5.74) is -0.656. The number of aliphatic hydroxyl groups is 1. The van der Waals surface area contributed by atoms with Crippen molar-refractivity contribution >= 4 is 15.9 Å². The van der Waals surface area contributed by atoms with Gasteiger partial charge in [0.25, 0.3) is 0 Å². The van der Waals surface area contributed by atoms with Crippen molar-refractivity contribution in [2.75, 3.05) is 0 Å². The van der Waals surface area contributed by atoms with Crippen LogP contribution < -0.4 is 0 Å². The summed E-state index contributed by atoms with van der Waals surface area (Å²) in [5.74, 6) is -0.602. The molecule has 6 heteroatoms. The van der Waals surface area contributed by atoms with Crippen LogP contribution in [0, 0.1) is 12.7 Å². The van der Waals surface area contributed by atoms with E-state index in [1.165, 1.54) is 24.3 Å². The van der Waals surface area contributed by atoms with Gasteiger partial charge in [0, 0.05) is 4.47 Å². The lowest BCUT2D eigenvalue weighted by Crippen LogP contribution is -2.13. The lowest BCUT2D eigenvalue weighted by atomic mass is 9.95. The Morgan fingerprint density at radius 2 is 1.76 bits per heavy atom. The van der Waals surface area contributed by atoms with E-state index in [4.69, 9.17) is 0 Å². The second-order valence-corrected chi connectivity index (χ2v) is 5.61. The summed E-state index contributed by atoms with van der Waals surface area (Å²) in [6.07, 6.45) is -6.16. The van der Waals surface area contributed by atoms with Gasteiger partial charge in [0.2, 0.25) is 0 Å². The maximum Gasteiger partial charge on any atom is 0.416 e. The van der Waals surface area contributed by atoms with Gasteiger partial charge in [-0.15, -0.1) is 0 Å². The summed E-state index contributed by atoms with van der Waals surface area (Å²) in [7, 11) is 0. The smallest absolute Gasteiger partial charge is 0.384 e. The zero-order valence-electron chi connectivity index (χ0n) is 10.9. The predicted octanol–water partition coefficient (Wildman–Crippen LogP) is 5.00. The van der Waals surface area contributed by atoms with Crippen LogP contribution in [0.25, 0.3) is 0 Å². The number of benzene rings is 2. The lowest BCUT2D eigenvalue weighted by molar-refractivity contribution is -0.139. The van der Waals surface area contributed by atoms with Crippen molar-refractivity contribution in [3.05, 3.63) is 68.9 Å². The van der Waals surface area contributed by atoms with E-state index in [0.29, 0.717) is 5.56 Å². The van der Waals surface area contributed by atoms with Gasteiger partial charge in [-0.3, -0.25) is 0 Å². The molecule has 0 bridgehead atoms. The topological polar surface area (TPSA) is 20.2 Å². The van der Waals surface area contributed by atoms with E-state index in [1.54, 1.807) is 6.92 Å². The fourth-order valence-electron chi connectivity index (χ4n) is 2.11. The summed E-state index contributed by atoms with van der Waals surface area (Å²) in [4.78, 5) is 0. The highest BCUT2D eigenvalue weighted by atomic mass is 79.9. The second-order valence-electron chi connectivity index (χ2n) is 4.69. The molecule has 1 N–H and O–H groups in total. The largest absolute Gasteiger partial charge is 0.416 e. The van der Waals surface area contributed by atoms with Crippen molar-refractivity contribution in [3.8, 4) is 0 Å². The average molecular weight is 363 g/mol. The van der Waals surface area contributed by atoms with E-state index in [9.17, 15) is 22.7 Å². The van der Waals surface area contributed by atoms with Crippen molar-refractivity contribution in [2.24, 2.45) is 0 Å². The molecule has 0 aliphatic carbocycles. The number of hydrogen-bond acceptors (Lipinski definition) is 1. The zero-order valence-corrected chi connectivity index (χ0v) is 12.5. The monoisotopic (exact) mass is 362 g/mol. The Balaban J connectivity index is 2.55. The molecule has 0 aromatic heterocycles. The second kappa shape index (κ2) is 5.77. The molecule has 1 unspecified atom stereocenters. The van der Waals surface area contributed by atoms with Gasteiger partial charge in [-0.2, -0.15) is 13.2 Å². The number of aliphatic hydroxyl groups excluding tert-OH is 1. The highest BCUT2D eigenvalue weighted by molar-refractivity contribution is 9.10. The van der Waals surface area contributed by atoms with E-state index in [1.807, 2.05) is 0 Å². The molecule has 0 saturated heterocycles. The van der Waals surface area contributed by atoms with Gasteiger partial charge in [-0.25, -0.2) is 4.39 Å². The minimum absolute atomic E-state index is 0.0836. The first-order valence-electron chi connectivity index (χ1n) is 6.00. The molecular formula is C15H11BrF4O. The number of rotatable bonds is 2. The van der Waals surface area contributed by atoms with E-state index in [0.717, 1.165) is 12.1 Å². The van der Waals surface area contributed by atoms with Gasteiger partial charge >= 0.3 is 6.18 Å². The van der Waals surface area contributed by atoms with Gasteiger partial charge in [0.1, 0.15) is 11.9 Å². The van der Waals surface area contributed by atoms with E-state index < -0.39 is 23.7 Å². The fraction of sp³-hybridized carbons (Fsp3) is 0.200. The molecule has 0 heterocycles. The molecule has 0 saturated carbocycles. The molecule has 2 aromatic rings. The molecule has 0 spiro atoms. The van der Waals surface area contributed by atoms with Crippen LogP contribution in [0.1, 0.15) is 28.4 Å². The van der Waals surface area contributed by atoms with Crippen LogP contribution in [0.2, 0.25) is 0 Å². The maximum atomic E-state index is 13.4. The van der Waals surface area contributed by atoms with Crippen molar-refractivity contribution in [2.45, 2.75) is 19.2 Å². The minimum Gasteiger partial charge on any atom is -0.384 e. The minimum atomic E-state index is -4.61. The van der Waals surface area contributed by atoms with Crippen LogP contribution in [0.15, 0.2) is 40.9 Å². The predicted molar refractivity (Wildman–Crippen MR) is 74.3 cm³/mol. The van der Waals surface area contributed by atoms with Crippen molar-refractivity contribution in [3.63, 3.8) is 0 Å². The number of aryl methyl sites for hydroxylation is 1. The van der Waals surface area contributed by atoms with Crippen LogP contribution in [0.5, 0.6) is 0 Å². The first-order chi connectivity index (χ1) is 9.68. The van der Waals surface area contributed by atoms with Crippen molar-refractivity contribution < 1.29 is 22.7 Å². The SMILES string of the molecule is Cc1cc(F)cc(C(O)c2ccc(Br)cc2C(F)(F)F)c1. The summed E-state index contributed by atoms with van der Waals surface area (Å²) in [6.45, 7) is 1.60. The van der Waals surface area contributed by atoms with Crippen LogP contribution in [-0.4, -0.2) is 5.11 Å². The number of alkyl halides is 3. The van der Waals surface area contributed by atoms with Gasteiger partial charge in [0.15, 0.2) is 0 Å². The average Bonchev–Trinajstić information content (AvgIpc) is 2.35. The Labute approximate surface area is 127 Å². The van der Waals surface area contributed by atoms with Crippen molar-refractivity contribution in [1.82, 2.24) is 0 Å². The van der Waals surface area contributed by atoms with Crippen LogP contribution in [-0.2, 0) is 6.18 Å². The third kappa shape index (κ3) is 3.63. The molecule has 1 atom stereocenters. The van der Waals surface area contributed by atoms with Gasteiger partial charge in [-0.05, 0) is 47.9 Å². The van der Waals surface area contributed by atoms with Crippen LogP contribution in [0.3, 0.4) is 0 Å². The van der Waals surface area contributed by atoms with Crippen LogP contribution >= 0.6 is 15.9 Å². The lowest BCUT2D eigenvalue weighted by Gasteiger charge is -2.18. The molecular weight excluding hydrogens is 352 g/mol. The van der Waals surface area contributed by atoms with E-state index >= 15 is 0 Å². The number of hydrogen-bond donors (Lipinski definition) is 1.